The van der Waals surface area contributed by atoms with Crippen molar-refractivity contribution in [2.45, 2.75) is 20.3 Å². The molecule has 1 aliphatic rings. The van der Waals surface area contributed by atoms with E-state index in [0.29, 0.717) is 18.7 Å². The largest absolute Gasteiger partial charge is 0.494 e. The summed E-state index contributed by atoms with van der Waals surface area (Å²) in [6, 6.07) is 14.8. The Morgan fingerprint density at radius 1 is 0.920 bits per heavy atom. The molecule has 0 saturated heterocycles. The molecule has 2 amide bonds. The molecule has 2 aromatic rings. The smallest absolute Gasteiger partial charge is 0.228 e. The molecule has 0 bridgehead atoms. The van der Waals surface area contributed by atoms with Gasteiger partial charge in [-0.15, -0.1) is 0 Å². The molecule has 2 aromatic carbocycles. The lowest BCUT2D eigenvalue weighted by atomic mass is 10.2. The van der Waals surface area contributed by atoms with E-state index in [0.717, 1.165) is 17.0 Å². The predicted molar refractivity (Wildman–Crippen MR) is 97.6 cm³/mol. The Morgan fingerprint density at radius 2 is 1.40 bits per heavy atom. The van der Waals surface area contributed by atoms with Crippen molar-refractivity contribution in [2.24, 2.45) is 11.8 Å². The average molecular weight is 338 g/mol. The lowest BCUT2D eigenvalue weighted by Crippen LogP contribution is -2.20. The summed E-state index contributed by atoms with van der Waals surface area (Å²) in [5, 5.41) is 5.72. The van der Waals surface area contributed by atoms with Crippen LogP contribution in [0.2, 0.25) is 0 Å². The van der Waals surface area contributed by atoms with Gasteiger partial charge in [0.1, 0.15) is 5.75 Å². The van der Waals surface area contributed by atoms with Gasteiger partial charge in [-0.3, -0.25) is 9.59 Å². The van der Waals surface area contributed by atoms with E-state index >= 15 is 0 Å². The topological polar surface area (TPSA) is 67.4 Å². The number of rotatable bonds is 6. The first-order chi connectivity index (χ1) is 12.1. The highest BCUT2D eigenvalue weighted by atomic mass is 16.5. The van der Waals surface area contributed by atoms with Gasteiger partial charge in [0.15, 0.2) is 0 Å². The van der Waals surface area contributed by atoms with E-state index in [1.165, 1.54) is 0 Å². The van der Waals surface area contributed by atoms with E-state index in [4.69, 9.17) is 4.74 Å². The van der Waals surface area contributed by atoms with Crippen molar-refractivity contribution in [3.63, 3.8) is 0 Å². The van der Waals surface area contributed by atoms with Crippen LogP contribution in [0, 0.1) is 18.8 Å². The van der Waals surface area contributed by atoms with Crippen molar-refractivity contribution in [3.05, 3.63) is 54.1 Å². The average Bonchev–Trinajstić information content (AvgIpc) is 3.40. The van der Waals surface area contributed by atoms with Crippen LogP contribution < -0.4 is 15.4 Å². The van der Waals surface area contributed by atoms with Crippen LogP contribution in [0.15, 0.2) is 48.5 Å². The van der Waals surface area contributed by atoms with Crippen molar-refractivity contribution in [1.82, 2.24) is 0 Å². The Balaban J connectivity index is 1.51. The summed E-state index contributed by atoms with van der Waals surface area (Å²) in [6.45, 7) is 4.52. The Bertz CT molecular complexity index is 754. The molecule has 0 spiro atoms. The van der Waals surface area contributed by atoms with E-state index in [2.05, 4.69) is 10.6 Å². The van der Waals surface area contributed by atoms with E-state index in [1.54, 1.807) is 12.1 Å². The van der Waals surface area contributed by atoms with Crippen LogP contribution in [0.1, 0.15) is 18.9 Å². The molecule has 0 heterocycles. The zero-order chi connectivity index (χ0) is 17.8. The molecule has 5 nitrogen and oxygen atoms in total. The number of amides is 2. The minimum Gasteiger partial charge on any atom is -0.494 e. The Morgan fingerprint density at radius 3 is 1.88 bits per heavy atom. The Labute approximate surface area is 147 Å². The van der Waals surface area contributed by atoms with Crippen LogP contribution in [-0.2, 0) is 9.59 Å². The summed E-state index contributed by atoms with van der Waals surface area (Å²) in [5.74, 6) is 0.0206. The van der Waals surface area contributed by atoms with Gasteiger partial charge in [0.25, 0.3) is 0 Å². The molecule has 2 unspecified atom stereocenters. The number of nitrogens with one attached hydrogen (secondary N) is 2. The van der Waals surface area contributed by atoms with Gasteiger partial charge in [-0.05, 0) is 56.7 Å². The molecule has 2 atom stereocenters. The fourth-order valence-electron chi connectivity index (χ4n) is 2.68. The number of benzene rings is 2. The first-order valence-corrected chi connectivity index (χ1v) is 8.48. The van der Waals surface area contributed by atoms with E-state index < -0.39 is 0 Å². The summed E-state index contributed by atoms with van der Waals surface area (Å²) < 4.78 is 5.37. The van der Waals surface area contributed by atoms with Crippen molar-refractivity contribution in [3.8, 4) is 5.75 Å². The molecular formula is C20H22N2O3. The minimum atomic E-state index is -0.267. The van der Waals surface area contributed by atoms with Crippen LogP contribution in [-0.4, -0.2) is 18.4 Å². The number of aryl methyl sites for hydroxylation is 1. The molecule has 0 aromatic heterocycles. The van der Waals surface area contributed by atoms with Gasteiger partial charge in [0.2, 0.25) is 11.8 Å². The molecule has 130 valence electrons. The first kappa shape index (κ1) is 17.0. The highest BCUT2D eigenvalue weighted by Crippen LogP contribution is 2.40. The van der Waals surface area contributed by atoms with Crippen LogP contribution in [0.4, 0.5) is 11.4 Å². The number of carbonyl (C=O) groups is 2. The third kappa shape index (κ3) is 4.38. The molecule has 0 aliphatic heterocycles. The highest BCUT2D eigenvalue weighted by molar-refractivity contribution is 6.03. The third-order valence-electron chi connectivity index (χ3n) is 4.22. The molecule has 1 aliphatic carbocycles. The van der Waals surface area contributed by atoms with Gasteiger partial charge >= 0.3 is 0 Å². The molecule has 2 N–H and O–H groups in total. The molecule has 25 heavy (non-hydrogen) atoms. The summed E-state index contributed by atoms with van der Waals surface area (Å²) in [5.41, 5.74) is 2.60. The van der Waals surface area contributed by atoms with Gasteiger partial charge in [0, 0.05) is 11.4 Å². The van der Waals surface area contributed by atoms with Crippen molar-refractivity contribution in [1.29, 1.82) is 0 Å². The zero-order valence-electron chi connectivity index (χ0n) is 14.4. The maximum absolute atomic E-state index is 12.3. The molecule has 3 rings (SSSR count). The highest BCUT2D eigenvalue weighted by Gasteiger charge is 2.48. The van der Waals surface area contributed by atoms with Gasteiger partial charge in [-0.1, -0.05) is 17.7 Å². The van der Waals surface area contributed by atoms with E-state index in [9.17, 15) is 9.59 Å². The quantitative estimate of drug-likeness (QED) is 0.845. The Hall–Kier alpha value is -2.82. The second-order valence-electron chi connectivity index (χ2n) is 6.25. The number of anilines is 2. The molecule has 5 heteroatoms. The predicted octanol–water partition coefficient (Wildman–Crippen LogP) is 3.61. The molecule has 1 saturated carbocycles. The van der Waals surface area contributed by atoms with Crippen molar-refractivity contribution in [2.75, 3.05) is 17.2 Å². The monoisotopic (exact) mass is 338 g/mol. The number of hydrogen-bond donors (Lipinski definition) is 2. The SMILES string of the molecule is CCOc1ccc(NC(=O)C2CC2C(=O)Nc2ccc(C)cc2)cc1. The summed E-state index contributed by atoms with van der Waals surface area (Å²) >= 11 is 0. The van der Waals surface area contributed by atoms with Crippen LogP contribution in [0.5, 0.6) is 5.75 Å². The number of carbonyl (C=O) groups excluding carboxylic acids is 2. The first-order valence-electron chi connectivity index (χ1n) is 8.48. The fourth-order valence-corrected chi connectivity index (χ4v) is 2.68. The number of ether oxygens (including phenoxy) is 1. The van der Waals surface area contributed by atoms with Gasteiger partial charge in [0.05, 0.1) is 18.4 Å². The second kappa shape index (κ2) is 7.38. The normalized spacial score (nSPS) is 18.3. The summed E-state index contributed by atoms with van der Waals surface area (Å²) in [4.78, 5) is 24.5. The zero-order valence-corrected chi connectivity index (χ0v) is 14.4. The van der Waals surface area contributed by atoms with Gasteiger partial charge in [-0.2, -0.15) is 0 Å². The van der Waals surface area contributed by atoms with Crippen LogP contribution in [0.25, 0.3) is 0 Å². The van der Waals surface area contributed by atoms with Crippen LogP contribution in [0.3, 0.4) is 0 Å². The number of hydrogen-bond acceptors (Lipinski definition) is 3. The minimum absolute atomic E-state index is 0.101. The molecule has 1 fully saturated rings. The van der Waals surface area contributed by atoms with Crippen LogP contribution >= 0.6 is 0 Å². The third-order valence-corrected chi connectivity index (χ3v) is 4.22. The fraction of sp³-hybridized carbons (Fsp3) is 0.300. The maximum atomic E-state index is 12.3. The van der Waals surface area contributed by atoms with Crippen molar-refractivity contribution >= 4 is 23.2 Å². The standard InChI is InChI=1S/C20H22N2O3/c1-3-25-16-10-8-15(9-11-16)22-20(24)18-12-17(18)19(23)21-14-6-4-13(2)5-7-14/h4-11,17-18H,3,12H2,1-2H3,(H,21,23)(H,22,24). The maximum Gasteiger partial charge on any atom is 0.228 e. The lowest BCUT2D eigenvalue weighted by molar-refractivity contribution is -0.122. The second-order valence-corrected chi connectivity index (χ2v) is 6.25. The Kier molecular flexibility index (Phi) is 5.03. The van der Waals surface area contributed by atoms with Crippen molar-refractivity contribution < 1.29 is 14.3 Å². The molecule has 0 radical (unpaired) electrons. The van der Waals surface area contributed by atoms with Gasteiger partial charge < -0.3 is 15.4 Å². The summed E-state index contributed by atoms with van der Waals surface area (Å²) in [6.07, 6.45) is 0.584. The van der Waals surface area contributed by atoms with E-state index in [1.807, 2.05) is 50.2 Å². The van der Waals surface area contributed by atoms with E-state index in [-0.39, 0.29) is 23.7 Å². The molecular weight excluding hydrogens is 316 g/mol. The van der Waals surface area contributed by atoms with Gasteiger partial charge in [-0.25, -0.2) is 0 Å². The summed E-state index contributed by atoms with van der Waals surface area (Å²) in [7, 11) is 0. The lowest BCUT2D eigenvalue weighted by Gasteiger charge is -2.07.